The molecule has 0 unspecified atom stereocenters. The molecular weight excluding hydrogens is 467 g/mol. The molecule has 0 bridgehead atoms. The Morgan fingerprint density at radius 3 is 2.81 bits per heavy atom. The molecule has 1 N–H and O–H groups in total. The second-order valence-corrected chi connectivity index (χ2v) is 10.8. The standard InChI is InChI=1S/C21H21FN6OS3/c1-12-13(2)30-18-17(12)19(25-16(24-18)11-28-6-8-29-9-7-28)31-21-27-26-20(32-21)23-15-5-3-4-14(22)10-15/h3-5,10H,6-9,11H2,1-2H3,(H,23,26). The predicted octanol–water partition coefficient (Wildman–Crippen LogP) is 5.03. The average Bonchev–Trinajstić information content (AvgIpc) is 3.32. The summed E-state index contributed by atoms with van der Waals surface area (Å²) in [5.41, 5.74) is 1.84. The van der Waals surface area contributed by atoms with E-state index in [2.05, 4.69) is 34.3 Å². The third-order valence-corrected chi connectivity index (χ3v) is 8.16. The van der Waals surface area contributed by atoms with E-state index in [-0.39, 0.29) is 5.82 Å². The molecule has 7 nitrogen and oxygen atoms in total. The second-order valence-electron chi connectivity index (χ2n) is 7.41. The minimum atomic E-state index is -0.298. The van der Waals surface area contributed by atoms with Crippen molar-refractivity contribution in [2.45, 2.75) is 29.8 Å². The van der Waals surface area contributed by atoms with Crippen molar-refractivity contribution in [2.75, 3.05) is 31.6 Å². The van der Waals surface area contributed by atoms with Crippen LogP contribution in [0.3, 0.4) is 0 Å². The van der Waals surface area contributed by atoms with Gasteiger partial charge in [-0.15, -0.1) is 21.5 Å². The van der Waals surface area contributed by atoms with Gasteiger partial charge in [0.1, 0.15) is 21.5 Å². The summed E-state index contributed by atoms with van der Waals surface area (Å²) in [6.07, 6.45) is 0. The number of halogens is 1. The lowest BCUT2D eigenvalue weighted by molar-refractivity contribution is 0.0330. The smallest absolute Gasteiger partial charge is 0.210 e. The van der Waals surface area contributed by atoms with E-state index >= 15 is 0 Å². The Morgan fingerprint density at radius 1 is 1.16 bits per heavy atom. The van der Waals surface area contributed by atoms with Crippen molar-refractivity contribution in [3.8, 4) is 0 Å². The maximum Gasteiger partial charge on any atom is 0.210 e. The summed E-state index contributed by atoms with van der Waals surface area (Å²) in [6, 6.07) is 6.29. The van der Waals surface area contributed by atoms with E-state index in [1.54, 1.807) is 23.5 Å². The lowest BCUT2D eigenvalue weighted by atomic mass is 10.2. The number of nitrogens with zero attached hydrogens (tertiary/aromatic N) is 5. The number of hydrogen-bond donors (Lipinski definition) is 1. The van der Waals surface area contributed by atoms with Gasteiger partial charge in [-0.3, -0.25) is 4.90 Å². The monoisotopic (exact) mass is 488 g/mol. The van der Waals surface area contributed by atoms with Crippen LogP contribution < -0.4 is 5.32 Å². The lowest BCUT2D eigenvalue weighted by Crippen LogP contribution is -2.36. The molecule has 4 heterocycles. The first kappa shape index (κ1) is 21.7. The second kappa shape index (κ2) is 9.36. The van der Waals surface area contributed by atoms with E-state index in [0.29, 0.717) is 17.4 Å². The highest BCUT2D eigenvalue weighted by Crippen LogP contribution is 2.39. The Hall–Kier alpha value is -2.18. The fourth-order valence-corrected chi connectivity index (χ4v) is 6.43. The van der Waals surface area contributed by atoms with E-state index in [9.17, 15) is 4.39 Å². The number of thiophene rings is 1. The summed E-state index contributed by atoms with van der Waals surface area (Å²) in [6.45, 7) is 8.19. The molecule has 0 atom stereocenters. The first-order chi connectivity index (χ1) is 15.5. The SMILES string of the molecule is Cc1sc2nc(CN3CCOCC3)nc(Sc3nnc(Nc4cccc(F)c4)s3)c2c1C. The normalized spacial score (nSPS) is 14.8. The van der Waals surface area contributed by atoms with E-state index in [0.717, 1.165) is 51.7 Å². The molecule has 32 heavy (non-hydrogen) atoms. The molecule has 1 aliphatic rings. The number of aryl methyl sites for hydroxylation is 2. The molecular formula is C21H21FN6OS3. The third-order valence-electron chi connectivity index (χ3n) is 5.18. The summed E-state index contributed by atoms with van der Waals surface area (Å²) in [7, 11) is 0. The van der Waals surface area contributed by atoms with E-state index in [1.807, 2.05) is 0 Å². The van der Waals surface area contributed by atoms with Gasteiger partial charge >= 0.3 is 0 Å². The van der Waals surface area contributed by atoms with Gasteiger partial charge in [0.15, 0.2) is 4.34 Å². The fourth-order valence-electron chi connectivity index (χ4n) is 3.43. The molecule has 0 aliphatic carbocycles. The highest BCUT2D eigenvalue weighted by molar-refractivity contribution is 8.01. The number of nitrogens with one attached hydrogen (secondary N) is 1. The quantitative estimate of drug-likeness (QED) is 0.379. The molecule has 5 rings (SSSR count). The van der Waals surface area contributed by atoms with Gasteiger partial charge in [0, 0.05) is 29.0 Å². The van der Waals surface area contributed by atoms with E-state index < -0.39 is 0 Å². The third kappa shape index (κ3) is 4.76. The van der Waals surface area contributed by atoms with Crippen LogP contribution in [0.1, 0.15) is 16.3 Å². The van der Waals surface area contributed by atoms with Gasteiger partial charge in [0.2, 0.25) is 5.13 Å². The van der Waals surface area contributed by atoms with Crippen molar-refractivity contribution < 1.29 is 9.13 Å². The molecule has 0 amide bonds. The largest absolute Gasteiger partial charge is 0.379 e. The molecule has 1 aliphatic heterocycles. The van der Waals surface area contributed by atoms with Gasteiger partial charge in [0.05, 0.1) is 19.8 Å². The van der Waals surface area contributed by atoms with Crippen molar-refractivity contribution in [1.29, 1.82) is 0 Å². The number of morpholine rings is 1. The molecule has 0 saturated carbocycles. The maximum absolute atomic E-state index is 13.5. The van der Waals surface area contributed by atoms with Crippen LogP contribution in [0.5, 0.6) is 0 Å². The van der Waals surface area contributed by atoms with Crippen LogP contribution in [-0.2, 0) is 11.3 Å². The van der Waals surface area contributed by atoms with Crippen LogP contribution in [0.2, 0.25) is 0 Å². The molecule has 1 aromatic carbocycles. The van der Waals surface area contributed by atoms with Crippen LogP contribution >= 0.6 is 34.4 Å². The van der Waals surface area contributed by atoms with Gasteiger partial charge in [-0.25, -0.2) is 14.4 Å². The van der Waals surface area contributed by atoms with Crippen molar-refractivity contribution in [1.82, 2.24) is 25.1 Å². The van der Waals surface area contributed by atoms with Gasteiger partial charge < -0.3 is 10.1 Å². The number of anilines is 2. The van der Waals surface area contributed by atoms with Crippen LogP contribution in [0.25, 0.3) is 10.2 Å². The van der Waals surface area contributed by atoms with Gasteiger partial charge in [-0.1, -0.05) is 17.4 Å². The molecule has 166 valence electrons. The van der Waals surface area contributed by atoms with Crippen LogP contribution in [-0.4, -0.2) is 51.4 Å². The molecule has 0 radical (unpaired) electrons. The first-order valence-electron chi connectivity index (χ1n) is 10.2. The van der Waals surface area contributed by atoms with Gasteiger partial charge in [0.25, 0.3) is 0 Å². The van der Waals surface area contributed by atoms with E-state index in [1.165, 1.54) is 45.7 Å². The van der Waals surface area contributed by atoms with Crippen molar-refractivity contribution in [2.24, 2.45) is 0 Å². The Kier molecular flexibility index (Phi) is 6.33. The number of benzene rings is 1. The molecule has 3 aromatic heterocycles. The average molecular weight is 489 g/mol. The summed E-state index contributed by atoms with van der Waals surface area (Å²) >= 11 is 4.61. The zero-order chi connectivity index (χ0) is 22.1. The number of ether oxygens (including phenoxy) is 1. The van der Waals surface area contributed by atoms with Crippen LogP contribution in [0, 0.1) is 19.7 Å². The Balaban J connectivity index is 1.42. The van der Waals surface area contributed by atoms with Crippen molar-refractivity contribution in [3.05, 3.63) is 46.3 Å². The minimum Gasteiger partial charge on any atom is -0.379 e. The van der Waals surface area contributed by atoms with Gasteiger partial charge in [-0.2, -0.15) is 0 Å². The lowest BCUT2D eigenvalue weighted by Gasteiger charge is -2.25. The topological polar surface area (TPSA) is 76.1 Å². The Bertz CT molecular complexity index is 1250. The van der Waals surface area contributed by atoms with Crippen LogP contribution in [0.4, 0.5) is 15.2 Å². The first-order valence-corrected chi connectivity index (χ1v) is 12.6. The van der Waals surface area contributed by atoms with E-state index in [4.69, 9.17) is 14.7 Å². The molecule has 11 heteroatoms. The van der Waals surface area contributed by atoms with Crippen LogP contribution in [0.15, 0.2) is 33.6 Å². The summed E-state index contributed by atoms with van der Waals surface area (Å²) < 4.78 is 19.7. The number of fused-ring (bicyclic) bond motifs is 1. The number of aromatic nitrogens is 4. The summed E-state index contributed by atoms with van der Waals surface area (Å²) in [4.78, 5) is 14.3. The molecule has 1 saturated heterocycles. The highest BCUT2D eigenvalue weighted by atomic mass is 32.2. The zero-order valence-corrected chi connectivity index (χ0v) is 20.0. The Morgan fingerprint density at radius 2 is 2.00 bits per heavy atom. The Labute approximate surface area is 197 Å². The molecule has 0 spiro atoms. The molecule has 1 fully saturated rings. The predicted molar refractivity (Wildman–Crippen MR) is 127 cm³/mol. The van der Waals surface area contributed by atoms with Crippen molar-refractivity contribution >= 4 is 55.5 Å². The van der Waals surface area contributed by atoms with Gasteiger partial charge in [-0.05, 0) is 49.4 Å². The minimum absolute atomic E-state index is 0.298. The summed E-state index contributed by atoms with van der Waals surface area (Å²) in [5.74, 6) is 0.513. The zero-order valence-electron chi connectivity index (χ0n) is 17.6. The molecule has 4 aromatic rings. The fraction of sp³-hybridized carbons (Fsp3) is 0.333. The van der Waals surface area contributed by atoms with Crippen molar-refractivity contribution in [3.63, 3.8) is 0 Å². The number of hydrogen-bond acceptors (Lipinski definition) is 10. The summed E-state index contributed by atoms with van der Waals surface area (Å²) in [5, 5.41) is 14.2. The highest BCUT2D eigenvalue weighted by Gasteiger charge is 2.19. The maximum atomic E-state index is 13.5. The number of rotatable bonds is 6.